The molecule has 1 N–H and O–H groups in total. The molecule has 2 rings (SSSR count). The molecular formula is C15H22BrNO3S. The van der Waals surface area contributed by atoms with Gasteiger partial charge in [-0.25, -0.2) is 13.1 Å². The van der Waals surface area contributed by atoms with Crippen LogP contribution in [0.5, 0.6) is 5.75 Å². The lowest BCUT2D eigenvalue weighted by molar-refractivity contribution is 0.308. The summed E-state index contributed by atoms with van der Waals surface area (Å²) in [4.78, 5) is 0.205. The van der Waals surface area contributed by atoms with Crippen molar-refractivity contribution in [2.75, 3.05) is 6.61 Å². The minimum absolute atomic E-state index is 0.0113. The van der Waals surface area contributed by atoms with Gasteiger partial charge in [-0.3, -0.25) is 0 Å². The normalized spacial score (nSPS) is 23.0. The third-order valence-corrected chi connectivity index (χ3v) is 5.92. The van der Waals surface area contributed by atoms with Gasteiger partial charge >= 0.3 is 0 Å². The summed E-state index contributed by atoms with van der Waals surface area (Å²) in [7, 11) is -3.57. The maximum Gasteiger partial charge on any atom is 0.244 e. The molecule has 4 nitrogen and oxygen atoms in total. The molecule has 21 heavy (non-hydrogen) atoms. The van der Waals surface area contributed by atoms with Gasteiger partial charge in [-0.15, -0.1) is 0 Å². The van der Waals surface area contributed by atoms with Crippen LogP contribution in [0.2, 0.25) is 0 Å². The smallest absolute Gasteiger partial charge is 0.244 e. The molecule has 2 atom stereocenters. The Kier molecular flexibility index (Phi) is 5.68. The molecule has 0 heterocycles. The first kappa shape index (κ1) is 16.8. The van der Waals surface area contributed by atoms with Gasteiger partial charge in [0.1, 0.15) is 10.6 Å². The first-order chi connectivity index (χ1) is 9.94. The first-order valence-corrected chi connectivity index (χ1v) is 9.66. The Morgan fingerprint density at radius 1 is 1.33 bits per heavy atom. The Bertz CT molecular complexity index is 589. The molecular weight excluding hydrogens is 354 g/mol. The third kappa shape index (κ3) is 4.20. The highest BCUT2D eigenvalue weighted by Crippen LogP contribution is 2.30. The fraction of sp³-hybridized carbons (Fsp3) is 0.600. The summed E-state index contributed by atoms with van der Waals surface area (Å²) in [6, 6.07) is 5.08. The zero-order chi connectivity index (χ0) is 15.5. The number of halogens is 1. The summed E-state index contributed by atoms with van der Waals surface area (Å²) in [6.07, 6.45) is 4.23. The van der Waals surface area contributed by atoms with E-state index in [0.717, 1.165) is 23.7 Å². The SMILES string of the molecule is CCOc1ccc(Br)cc1S(=O)(=O)N[C@H]1CCCC[C@@H]1C. The van der Waals surface area contributed by atoms with Crippen molar-refractivity contribution in [2.45, 2.75) is 50.5 Å². The lowest BCUT2D eigenvalue weighted by Crippen LogP contribution is -2.41. The number of benzene rings is 1. The molecule has 0 aromatic heterocycles. The molecule has 0 amide bonds. The summed E-state index contributed by atoms with van der Waals surface area (Å²) >= 11 is 3.33. The van der Waals surface area contributed by atoms with Crippen molar-refractivity contribution in [3.8, 4) is 5.75 Å². The van der Waals surface area contributed by atoms with Gasteiger partial charge in [0.15, 0.2) is 0 Å². The number of hydrogen-bond acceptors (Lipinski definition) is 3. The number of sulfonamides is 1. The maximum atomic E-state index is 12.7. The van der Waals surface area contributed by atoms with Gasteiger partial charge in [0.2, 0.25) is 10.0 Å². The van der Waals surface area contributed by atoms with Crippen LogP contribution in [0.25, 0.3) is 0 Å². The van der Waals surface area contributed by atoms with Gasteiger partial charge in [0.25, 0.3) is 0 Å². The van der Waals surface area contributed by atoms with Gasteiger partial charge in [0, 0.05) is 10.5 Å². The van der Waals surface area contributed by atoms with Crippen LogP contribution in [-0.2, 0) is 10.0 Å². The molecule has 6 heteroatoms. The van der Waals surface area contributed by atoms with E-state index in [1.807, 2.05) is 6.92 Å². The average molecular weight is 376 g/mol. The van der Waals surface area contributed by atoms with E-state index >= 15 is 0 Å². The molecule has 1 fully saturated rings. The van der Waals surface area contributed by atoms with Crippen LogP contribution in [0.3, 0.4) is 0 Å². The molecule has 0 bridgehead atoms. The second-order valence-corrected chi connectivity index (χ2v) is 8.11. The molecule has 0 radical (unpaired) electrons. The van der Waals surface area contributed by atoms with Gasteiger partial charge in [-0.05, 0) is 43.9 Å². The van der Waals surface area contributed by atoms with E-state index in [4.69, 9.17) is 4.74 Å². The van der Waals surface area contributed by atoms with Crippen LogP contribution >= 0.6 is 15.9 Å². The largest absolute Gasteiger partial charge is 0.492 e. The van der Waals surface area contributed by atoms with Crippen molar-refractivity contribution < 1.29 is 13.2 Å². The van der Waals surface area contributed by atoms with Crippen molar-refractivity contribution in [3.63, 3.8) is 0 Å². The highest BCUT2D eigenvalue weighted by atomic mass is 79.9. The molecule has 1 aromatic rings. The van der Waals surface area contributed by atoms with Gasteiger partial charge in [0.05, 0.1) is 6.61 Å². The third-order valence-electron chi connectivity index (χ3n) is 3.91. The van der Waals surface area contributed by atoms with Crippen LogP contribution < -0.4 is 9.46 Å². The summed E-state index contributed by atoms with van der Waals surface area (Å²) in [5.41, 5.74) is 0. The Hall–Kier alpha value is -0.590. The summed E-state index contributed by atoms with van der Waals surface area (Å²) < 4.78 is 34.4. The number of nitrogens with one attached hydrogen (secondary N) is 1. The second-order valence-electron chi connectivity index (χ2n) is 5.51. The van der Waals surface area contributed by atoms with Crippen LogP contribution in [0.1, 0.15) is 39.5 Å². The Morgan fingerprint density at radius 2 is 2.05 bits per heavy atom. The fourth-order valence-electron chi connectivity index (χ4n) is 2.72. The lowest BCUT2D eigenvalue weighted by Gasteiger charge is -2.29. The van der Waals surface area contributed by atoms with Crippen molar-refractivity contribution in [1.29, 1.82) is 0 Å². The van der Waals surface area contributed by atoms with Crippen molar-refractivity contribution in [1.82, 2.24) is 4.72 Å². The van der Waals surface area contributed by atoms with E-state index < -0.39 is 10.0 Å². The predicted octanol–water partition coefficient (Wildman–Crippen LogP) is 3.70. The van der Waals surface area contributed by atoms with E-state index in [2.05, 4.69) is 27.6 Å². The molecule has 1 aliphatic rings. The summed E-state index contributed by atoms with van der Waals surface area (Å²) in [6.45, 7) is 4.38. The average Bonchev–Trinajstić information content (AvgIpc) is 2.43. The van der Waals surface area contributed by atoms with E-state index in [1.54, 1.807) is 18.2 Å². The summed E-state index contributed by atoms with van der Waals surface area (Å²) in [5.74, 6) is 0.771. The molecule has 0 unspecified atom stereocenters. The van der Waals surface area contributed by atoms with Crippen LogP contribution in [-0.4, -0.2) is 21.1 Å². The fourth-order valence-corrected chi connectivity index (χ4v) is 4.78. The number of hydrogen-bond donors (Lipinski definition) is 1. The Balaban J connectivity index is 2.28. The maximum absolute atomic E-state index is 12.7. The zero-order valence-electron chi connectivity index (χ0n) is 12.4. The predicted molar refractivity (Wildman–Crippen MR) is 87.1 cm³/mol. The van der Waals surface area contributed by atoms with Gasteiger partial charge in [-0.2, -0.15) is 0 Å². The standard InChI is InChI=1S/C15H22BrNO3S/c1-3-20-14-9-8-12(16)10-15(14)21(18,19)17-13-7-5-4-6-11(13)2/h8-11,13,17H,3-7H2,1-2H3/t11-,13-/m0/s1. The van der Waals surface area contributed by atoms with E-state index in [1.165, 1.54) is 6.42 Å². The van der Waals surface area contributed by atoms with Crippen molar-refractivity contribution in [2.24, 2.45) is 5.92 Å². The molecule has 118 valence electrons. The van der Waals surface area contributed by atoms with Gasteiger partial charge < -0.3 is 4.74 Å². The number of rotatable bonds is 5. The molecule has 0 saturated heterocycles. The Labute approximate surface area is 135 Å². The first-order valence-electron chi connectivity index (χ1n) is 7.38. The van der Waals surface area contributed by atoms with Gasteiger partial charge in [-0.1, -0.05) is 35.7 Å². The molecule has 1 aromatic carbocycles. The van der Waals surface area contributed by atoms with Crippen molar-refractivity contribution >= 4 is 26.0 Å². The van der Waals surface area contributed by atoms with Crippen LogP contribution in [0.4, 0.5) is 0 Å². The molecule has 1 aliphatic carbocycles. The van der Waals surface area contributed by atoms with Crippen molar-refractivity contribution in [3.05, 3.63) is 22.7 Å². The monoisotopic (exact) mass is 375 g/mol. The number of ether oxygens (including phenoxy) is 1. The molecule has 0 aliphatic heterocycles. The van der Waals surface area contributed by atoms with E-state index in [9.17, 15) is 8.42 Å². The van der Waals surface area contributed by atoms with Crippen LogP contribution in [0, 0.1) is 5.92 Å². The second kappa shape index (κ2) is 7.11. The van der Waals surface area contributed by atoms with Crippen LogP contribution in [0.15, 0.2) is 27.6 Å². The molecule has 1 saturated carbocycles. The highest BCUT2D eigenvalue weighted by Gasteiger charge is 2.28. The minimum atomic E-state index is -3.57. The molecule has 0 spiro atoms. The topological polar surface area (TPSA) is 55.4 Å². The minimum Gasteiger partial charge on any atom is -0.492 e. The highest BCUT2D eigenvalue weighted by molar-refractivity contribution is 9.10. The Morgan fingerprint density at radius 3 is 2.71 bits per heavy atom. The zero-order valence-corrected chi connectivity index (χ0v) is 14.8. The lowest BCUT2D eigenvalue weighted by atomic mass is 9.87. The van der Waals surface area contributed by atoms with E-state index in [-0.39, 0.29) is 10.9 Å². The van der Waals surface area contributed by atoms with E-state index in [0.29, 0.717) is 18.3 Å². The summed E-state index contributed by atoms with van der Waals surface area (Å²) in [5, 5.41) is 0. The quantitative estimate of drug-likeness (QED) is 0.853.